The zero-order valence-corrected chi connectivity index (χ0v) is 12.8. The first kappa shape index (κ1) is 13.9. The highest BCUT2D eigenvalue weighted by atomic mass is 16.5. The van der Waals surface area contributed by atoms with E-state index in [9.17, 15) is 0 Å². The van der Waals surface area contributed by atoms with Gasteiger partial charge < -0.3 is 9.64 Å². The second kappa shape index (κ2) is 6.20. The fourth-order valence-corrected chi connectivity index (χ4v) is 3.08. The molecule has 1 aliphatic heterocycles. The van der Waals surface area contributed by atoms with Gasteiger partial charge in [0.1, 0.15) is 24.0 Å². The van der Waals surface area contributed by atoms with E-state index in [2.05, 4.69) is 25.9 Å². The molecule has 0 saturated carbocycles. The van der Waals surface area contributed by atoms with Gasteiger partial charge in [-0.1, -0.05) is 12.1 Å². The largest absolute Gasteiger partial charge is 0.487 e. The van der Waals surface area contributed by atoms with E-state index in [4.69, 9.17) is 4.74 Å². The zero-order chi connectivity index (χ0) is 15.5. The molecule has 23 heavy (non-hydrogen) atoms. The molecular weight excluding hydrogens is 288 g/mol. The van der Waals surface area contributed by atoms with Crippen molar-refractivity contribution in [3.05, 3.63) is 55.1 Å². The summed E-state index contributed by atoms with van der Waals surface area (Å²) in [4.78, 5) is 15.3. The Morgan fingerprint density at radius 1 is 1.09 bits per heavy atom. The summed E-state index contributed by atoms with van der Waals surface area (Å²) in [6.07, 6.45) is 7.45. The molecule has 1 fully saturated rings. The van der Waals surface area contributed by atoms with Gasteiger partial charge in [0, 0.05) is 18.1 Å². The standard InChI is InChI=1S/C18H18N4O/c1-2-8-17-16(7-1)18(21-13-20-17)22-10-4-6-15(12-22)23-14-5-3-9-19-11-14/h1-3,5,7-9,11,13,15H,4,6,10,12H2. The minimum Gasteiger partial charge on any atom is -0.487 e. The molecule has 3 heterocycles. The molecule has 1 aromatic carbocycles. The second-order valence-electron chi connectivity index (χ2n) is 5.73. The first-order chi connectivity index (χ1) is 11.4. The fraction of sp³-hybridized carbons (Fsp3) is 0.278. The molecule has 1 aliphatic rings. The van der Waals surface area contributed by atoms with E-state index in [0.29, 0.717) is 0 Å². The number of anilines is 1. The molecule has 0 bridgehead atoms. The van der Waals surface area contributed by atoms with Gasteiger partial charge in [-0.05, 0) is 37.1 Å². The number of fused-ring (bicyclic) bond motifs is 1. The van der Waals surface area contributed by atoms with Crippen LogP contribution in [-0.2, 0) is 0 Å². The smallest absolute Gasteiger partial charge is 0.140 e. The predicted octanol–water partition coefficient (Wildman–Crippen LogP) is 3.07. The summed E-state index contributed by atoms with van der Waals surface area (Å²) < 4.78 is 6.07. The van der Waals surface area contributed by atoms with Crippen LogP contribution in [0.15, 0.2) is 55.1 Å². The Bertz CT molecular complexity index is 788. The SMILES string of the molecule is c1cncc(OC2CCCN(c3ncnc4ccccc34)C2)c1. The van der Waals surface area contributed by atoms with Crippen LogP contribution in [0.3, 0.4) is 0 Å². The van der Waals surface area contributed by atoms with Gasteiger partial charge in [0.05, 0.1) is 18.3 Å². The first-order valence-corrected chi connectivity index (χ1v) is 7.91. The summed E-state index contributed by atoms with van der Waals surface area (Å²) in [7, 11) is 0. The molecule has 5 heteroatoms. The highest BCUT2D eigenvalue weighted by molar-refractivity contribution is 5.89. The summed E-state index contributed by atoms with van der Waals surface area (Å²) in [5.74, 6) is 1.82. The topological polar surface area (TPSA) is 51.1 Å². The first-order valence-electron chi connectivity index (χ1n) is 7.91. The highest BCUT2D eigenvalue weighted by Crippen LogP contribution is 2.26. The summed E-state index contributed by atoms with van der Waals surface area (Å²) >= 11 is 0. The van der Waals surface area contributed by atoms with Crippen LogP contribution in [0.5, 0.6) is 5.75 Å². The number of piperidine rings is 1. The van der Waals surface area contributed by atoms with Crippen LogP contribution in [0.25, 0.3) is 10.9 Å². The molecule has 0 aliphatic carbocycles. The minimum atomic E-state index is 0.154. The van der Waals surface area contributed by atoms with Crippen molar-refractivity contribution in [2.45, 2.75) is 18.9 Å². The zero-order valence-electron chi connectivity index (χ0n) is 12.8. The van der Waals surface area contributed by atoms with Crippen molar-refractivity contribution in [3.63, 3.8) is 0 Å². The maximum atomic E-state index is 6.07. The molecule has 3 aromatic rings. The number of hydrogen-bond acceptors (Lipinski definition) is 5. The van der Waals surface area contributed by atoms with Gasteiger partial charge >= 0.3 is 0 Å². The minimum absolute atomic E-state index is 0.154. The summed E-state index contributed by atoms with van der Waals surface area (Å²) in [6, 6.07) is 12.0. The van der Waals surface area contributed by atoms with Gasteiger partial charge in [0.15, 0.2) is 0 Å². The van der Waals surface area contributed by atoms with Crippen LogP contribution in [0.2, 0.25) is 0 Å². The molecule has 4 rings (SSSR count). The van der Waals surface area contributed by atoms with Gasteiger partial charge in [-0.2, -0.15) is 0 Å². The van der Waals surface area contributed by atoms with E-state index in [-0.39, 0.29) is 6.10 Å². The molecule has 116 valence electrons. The van der Waals surface area contributed by atoms with Crippen LogP contribution in [-0.4, -0.2) is 34.1 Å². The third-order valence-electron chi connectivity index (χ3n) is 4.14. The monoisotopic (exact) mass is 306 g/mol. The number of para-hydroxylation sites is 1. The lowest BCUT2D eigenvalue weighted by atomic mass is 10.1. The number of ether oxygens (including phenoxy) is 1. The van der Waals surface area contributed by atoms with Crippen LogP contribution in [0, 0.1) is 0 Å². The second-order valence-corrected chi connectivity index (χ2v) is 5.73. The van der Waals surface area contributed by atoms with Crippen molar-refractivity contribution < 1.29 is 4.74 Å². The predicted molar refractivity (Wildman–Crippen MR) is 89.6 cm³/mol. The van der Waals surface area contributed by atoms with E-state index in [1.54, 1.807) is 18.7 Å². The summed E-state index contributed by atoms with van der Waals surface area (Å²) in [6.45, 7) is 1.82. The van der Waals surface area contributed by atoms with Crippen molar-refractivity contribution in [3.8, 4) is 5.75 Å². The highest BCUT2D eigenvalue weighted by Gasteiger charge is 2.23. The Morgan fingerprint density at radius 2 is 2.04 bits per heavy atom. The number of pyridine rings is 1. The summed E-state index contributed by atoms with van der Waals surface area (Å²) in [5, 5.41) is 1.09. The molecule has 2 aromatic heterocycles. The van der Waals surface area contributed by atoms with Crippen molar-refractivity contribution in [1.29, 1.82) is 0 Å². The number of rotatable bonds is 3. The van der Waals surface area contributed by atoms with E-state index in [1.807, 2.05) is 30.3 Å². The van der Waals surface area contributed by atoms with E-state index < -0.39 is 0 Å². The summed E-state index contributed by atoms with van der Waals surface area (Å²) in [5.41, 5.74) is 0.979. The van der Waals surface area contributed by atoms with E-state index in [0.717, 1.165) is 48.4 Å². The fourth-order valence-electron chi connectivity index (χ4n) is 3.08. The van der Waals surface area contributed by atoms with Gasteiger partial charge in [-0.15, -0.1) is 0 Å². The Balaban J connectivity index is 1.57. The Kier molecular flexibility index (Phi) is 3.76. The Labute approximate surface area is 135 Å². The van der Waals surface area contributed by atoms with Gasteiger partial charge in [-0.25, -0.2) is 9.97 Å². The van der Waals surface area contributed by atoms with E-state index in [1.165, 1.54) is 0 Å². The molecule has 0 spiro atoms. The van der Waals surface area contributed by atoms with Crippen LogP contribution in [0.4, 0.5) is 5.82 Å². The maximum Gasteiger partial charge on any atom is 0.140 e. The number of benzene rings is 1. The van der Waals surface area contributed by atoms with Crippen molar-refractivity contribution in [2.75, 3.05) is 18.0 Å². The third-order valence-corrected chi connectivity index (χ3v) is 4.14. The lowest BCUT2D eigenvalue weighted by molar-refractivity contribution is 0.178. The quantitative estimate of drug-likeness (QED) is 0.744. The molecule has 0 amide bonds. The number of aromatic nitrogens is 3. The van der Waals surface area contributed by atoms with Crippen molar-refractivity contribution >= 4 is 16.7 Å². The third kappa shape index (κ3) is 2.95. The lowest BCUT2D eigenvalue weighted by Gasteiger charge is -2.34. The van der Waals surface area contributed by atoms with E-state index >= 15 is 0 Å². The average molecular weight is 306 g/mol. The van der Waals surface area contributed by atoms with Crippen molar-refractivity contribution in [2.24, 2.45) is 0 Å². The van der Waals surface area contributed by atoms with Gasteiger partial charge in [-0.3, -0.25) is 4.98 Å². The van der Waals surface area contributed by atoms with Crippen LogP contribution < -0.4 is 9.64 Å². The maximum absolute atomic E-state index is 6.07. The molecule has 5 nitrogen and oxygen atoms in total. The molecule has 1 unspecified atom stereocenters. The van der Waals surface area contributed by atoms with Gasteiger partial charge in [0.2, 0.25) is 0 Å². The Morgan fingerprint density at radius 3 is 2.96 bits per heavy atom. The van der Waals surface area contributed by atoms with Crippen molar-refractivity contribution in [1.82, 2.24) is 15.0 Å². The molecule has 0 N–H and O–H groups in total. The molecule has 0 radical (unpaired) electrons. The molecule has 1 saturated heterocycles. The molecule has 1 atom stereocenters. The van der Waals surface area contributed by atoms with Crippen LogP contribution in [0.1, 0.15) is 12.8 Å². The number of nitrogens with zero attached hydrogens (tertiary/aromatic N) is 4. The Hall–Kier alpha value is -2.69. The van der Waals surface area contributed by atoms with Gasteiger partial charge in [0.25, 0.3) is 0 Å². The average Bonchev–Trinajstić information content (AvgIpc) is 2.62. The lowest BCUT2D eigenvalue weighted by Crippen LogP contribution is -2.41. The van der Waals surface area contributed by atoms with Crippen LogP contribution >= 0.6 is 0 Å². The molecular formula is C18H18N4O. The number of hydrogen-bond donors (Lipinski definition) is 0. The normalized spacial score (nSPS) is 18.1.